The molecule has 2 rings (SSSR count). The number of rotatable bonds is 5. The fraction of sp³-hybridized carbons (Fsp3) is 0.533. The summed E-state index contributed by atoms with van der Waals surface area (Å²) in [6, 6.07) is 5.83. The molecule has 1 aliphatic rings. The molecule has 1 aliphatic heterocycles. The average Bonchev–Trinajstić information content (AvgIpc) is 2.53. The summed E-state index contributed by atoms with van der Waals surface area (Å²) in [5, 5.41) is 13.8. The normalized spacial score (nSPS) is 15.2. The molecule has 1 heterocycles. The molecule has 0 unspecified atom stereocenters. The van der Waals surface area contributed by atoms with Crippen LogP contribution in [0.1, 0.15) is 29.6 Å². The molecule has 0 bridgehead atoms. The number of non-ortho nitro benzene ring substituents is 1. The van der Waals surface area contributed by atoms with Crippen LogP contribution in [-0.4, -0.2) is 42.4 Å². The molecule has 7 heteroatoms. The van der Waals surface area contributed by atoms with Crippen molar-refractivity contribution in [2.24, 2.45) is 5.92 Å². The maximum absolute atomic E-state index is 12.3. The van der Waals surface area contributed by atoms with Crippen LogP contribution < -0.4 is 5.32 Å². The molecule has 22 heavy (non-hydrogen) atoms. The van der Waals surface area contributed by atoms with E-state index in [0.717, 1.165) is 38.9 Å². The Balaban J connectivity index is 0.00000242. The average molecular weight is 328 g/mol. The fourth-order valence-corrected chi connectivity index (χ4v) is 2.68. The van der Waals surface area contributed by atoms with Gasteiger partial charge in [-0.05, 0) is 50.9 Å². The molecule has 1 saturated heterocycles. The lowest BCUT2D eigenvalue weighted by Gasteiger charge is -2.32. The Bertz CT molecular complexity index is 499. The Morgan fingerprint density at radius 1 is 1.32 bits per heavy atom. The third kappa shape index (κ3) is 4.68. The van der Waals surface area contributed by atoms with E-state index in [2.05, 4.69) is 5.32 Å². The molecule has 1 amide bonds. The van der Waals surface area contributed by atoms with Gasteiger partial charge >= 0.3 is 0 Å². The molecule has 0 atom stereocenters. The number of benzene rings is 1. The summed E-state index contributed by atoms with van der Waals surface area (Å²) in [4.78, 5) is 24.3. The largest absolute Gasteiger partial charge is 0.339 e. The number of piperidine rings is 1. The minimum absolute atomic E-state index is 0. The first-order valence-corrected chi connectivity index (χ1v) is 7.30. The van der Waals surface area contributed by atoms with Crippen LogP contribution in [0.15, 0.2) is 24.3 Å². The van der Waals surface area contributed by atoms with E-state index in [9.17, 15) is 14.9 Å². The van der Waals surface area contributed by atoms with E-state index in [-0.39, 0.29) is 24.0 Å². The molecule has 1 aromatic carbocycles. The van der Waals surface area contributed by atoms with Gasteiger partial charge < -0.3 is 10.2 Å². The van der Waals surface area contributed by atoms with E-state index >= 15 is 0 Å². The highest BCUT2D eigenvalue weighted by molar-refractivity contribution is 5.94. The number of hydrogen-bond acceptors (Lipinski definition) is 4. The Kier molecular flexibility index (Phi) is 7.27. The molecule has 6 nitrogen and oxygen atoms in total. The molecule has 1 N–H and O–H groups in total. The number of nitro groups is 1. The first-order valence-electron chi connectivity index (χ1n) is 7.30. The predicted octanol–water partition coefficient (Wildman–Crippen LogP) is 2.48. The molecule has 122 valence electrons. The van der Waals surface area contributed by atoms with Gasteiger partial charge in [0.2, 0.25) is 0 Å². The quantitative estimate of drug-likeness (QED) is 0.666. The molecule has 1 aromatic rings. The molecule has 0 aliphatic carbocycles. The van der Waals surface area contributed by atoms with Gasteiger partial charge in [-0.1, -0.05) is 0 Å². The Morgan fingerprint density at radius 2 is 1.91 bits per heavy atom. The van der Waals surface area contributed by atoms with Crippen LogP contribution in [0, 0.1) is 16.0 Å². The second-order valence-electron chi connectivity index (χ2n) is 5.43. The minimum Gasteiger partial charge on any atom is -0.339 e. The second-order valence-corrected chi connectivity index (χ2v) is 5.43. The maximum Gasteiger partial charge on any atom is 0.269 e. The number of nitrogens with zero attached hydrogens (tertiary/aromatic N) is 2. The predicted molar refractivity (Wildman–Crippen MR) is 87.5 cm³/mol. The summed E-state index contributed by atoms with van der Waals surface area (Å²) in [6.07, 6.45) is 3.21. The van der Waals surface area contributed by atoms with E-state index in [1.807, 2.05) is 11.9 Å². The lowest BCUT2D eigenvalue weighted by molar-refractivity contribution is -0.384. The molecule has 0 saturated carbocycles. The number of halogens is 1. The number of hydrogen-bond donors (Lipinski definition) is 1. The van der Waals surface area contributed by atoms with Crippen molar-refractivity contribution in [1.82, 2.24) is 10.2 Å². The van der Waals surface area contributed by atoms with Gasteiger partial charge in [-0.25, -0.2) is 0 Å². The van der Waals surface area contributed by atoms with Crippen molar-refractivity contribution in [1.29, 1.82) is 0 Å². The number of nitrogens with one attached hydrogen (secondary N) is 1. The Labute approximate surface area is 136 Å². The zero-order chi connectivity index (χ0) is 15.2. The van der Waals surface area contributed by atoms with Gasteiger partial charge in [0.1, 0.15) is 0 Å². The smallest absolute Gasteiger partial charge is 0.269 e. The first kappa shape index (κ1) is 18.4. The van der Waals surface area contributed by atoms with Crippen molar-refractivity contribution in [2.75, 3.05) is 26.7 Å². The zero-order valence-electron chi connectivity index (χ0n) is 12.7. The van der Waals surface area contributed by atoms with Gasteiger partial charge in [0.05, 0.1) is 4.92 Å². The molecule has 1 fully saturated rings. The fourth-order valence-electron chi connectivity index (χ4n) is 2.68. The number of amides is 1. The monoisotopic (exact) mass is 327 g/mol. The highest BCUT2D eigenvalue weighted by atomic mass is 35.5. The number of nitro benzene ring substituents is 1. The van der Waals surface area contributed by atoms with Crippen LogP contribution in [0.25, 0.3) is 0 Å². The number of carbonyl (C=O) groups is 1. The van der Waals surface area contributed by atoms with Crippen LogP contribution >= 0.6 is 12.4 Å². The summed E-state index contributed by atoms with van der Waals surface area (Å²) >= 11 is 0. The van der Waals surface area contributed by atoms with Crippen molar-refractivity contribution in [3.63, 3.8) is 0 Å². The topological polar surface area (TPSA) is 75.5 Å². The van der Waals surface area contributed by atoms with Crippen LogP contribution in [0.2, 0.25) is 0 Å². The van der Waals surface area contributed by atoms with Gasteiger partial charge in [-0.3, -0.25) is 14.9 Å². The van der Waals surface area contributed by atoms with E-state index in [1.165, 1.54) is 24.3 Å². The molecule has 0 radical (unpaired) electrons. The molecule has 0 spiro atoms. The van der Waals surface area contributed by atoms with E-state index < -0.39 is 4.92 Å². The van der Waals surface area contributed by atoms with Crippen LogP contribution in [0.5, 0.6) is 0 Å². The third-order valence-electron chi connectivity index (χ3n) is 4.03. The van der Waals surface area contributed by atoms with Gasteiger partial charge in [0.15, 0.2) is 0 Å². The molecule has 0 aromatic heterocycles. The third-order valence-corrected chi connectivity index (χ3v) is 4.03. The summed E-state index contributed by atoms with van der Waals surface area (Å²) in [5.74, 6) is 0.648. The van der Waals surface area contributed by atoms with E-state index in [4.69, 9.17) is 0 Å². The minimum atomic E-state index is -0.457. The van der Waals surface area contributed by atoms with Crippen LogP contribution in [0.4, 0.5) is 5.69 Å². The number of likely N-dealkylation sites (tertiary alicyclic amines) is 1. The SMILES string of the molecule is CNCCC1CCN(C(=O)c2ccc([N+](=O)[O-])cc2)CC1.Cl. The molecular formula is C15H22ClN3O3. The van der Waals surface area contributed by atoms with Gasteiger partial charge in [0, 0.05) is 30.8 Å². The van der Waals surface area contributed by atoms with Crippen molar-refractivity contribution in [2.45, 2.75) is 19.3 Å². The maximum atomic E-state index is 12.3. The Morgan fingerprint density at radius 3 is 2.41 bits per heavy atom. The number of carbonyl (C=O) groups excluding carboxylic acids is 1. The standard InChI is InChI=1S/C15H21N3O3.ClH/c1-16-9-6-12-7-10-17(11-8-12)15(19)13-2-4-14(5-3-13)18(20)21;/h2-5,12,16H,6-11H2,1H3;1H. The van der Waals surface area contributed by atoms with Crippen molar-refractivity contribution < 1.29 is 9.72 Å². The zero-order valence-corrected chi connectivity index (χ0v) is 13.5. The van der Waals surface area contributed by atoms with Crippen molar-refractivity contribution in [3.8, 4) is 0 Å². The van der Waals surface area contributed by atoms with Crippen LogP contribution in [-0.2, 0) is 0 Å². The van der Waals surface area contributed by atoms with Gasteiger partial charge in [-0.15, -0.1) is 12.4 Å². The Hall–Kier alpha value is -1.66. The summed E-state index contributed by atoms with van der Waals surface area (Å²) in [5.41, 5.74) is 0.534. The van der Waals surface area contributed by atoms with Gasteiger partial charge in [0.25, 0.3) is 11.6 Å². The lowest BCUT2D eigenvalue weighted by atomic mass is 9.93. The first-order chi connectivity index (χ1) is 10.1. The van der Waals surface area contributed by atoms with Crippen LogP contribution in [0.3, 0.4) is 0 Å². The summed E-state index contributed by atoms with van der Waals surface area (Å²) in [6.45, 7) is 2.55. The van der Waals surface area contributed by atoms with Crippen molar-refractivity contribution >= 4 is 24.0 Å². The van der Waals surface area contributed by atoms with E-state index in [1.54, 1.807) is 0 Å². The lowest BCUT2D eigenvalue weighted by Crippen LogP contribution is -2.38. The summed E-state index contributed by atoms with van der Waals surface area (Å²) in [7, 11) is 1.95. The van der Waals surface area contributed by atoms with Gasteiger partial charge in [-0.2, -0.15) is 0 Å². The second kappa shape index (κ2) is 8.70. The summed E-state index contributed by atoms with van der Waals surface area (Å²) < 4.78 is 0. The highest BCUT2D eigenvalue weighted by Crippen LogP contribution is 2.22. The highest BCUT2D eigenvalue weighted by Gasteiger charge is 2.23. The van der Waals surface area contributed by atoms with E-state index in [0.29, 0.717) is 11.5 Å². The van der Waals surface area contributed by atoms with Crippen molar-refractivity contribution in [3.05, 3.63) is 39.9 Å². The molecular weight excluding hydrogens is 306 g/mol.